The Balaban J connectivity index is 0.741. The number of urea groups is 1. The summed E-state index contributed by atoms with van der Waals surface area (Å²) in [6.07, 6.45) is 12.8. The molecule has 20 heteroatoms. The van der Waals surface area contributed by atoms with Crippen LogP contribution in [0.1, 0.15) is 73.5 Å². The first kappa shape index (κ1) is 56.6. The highest BCUT2D eigenvalue weighted by Crippen LogP contribution is 2.36. The van der Waals surface area contributed by atoms with Crippen molar-refractivity contribution in [3.63, 3.8) is 0 Å². The number of aromatic nitrogens is 5. The number of allylic oxidation sites excluding steroid dienone is 2. The second kappa shape index (κ2) is 31.1. The molecule has 1 saturated carbocycles. The Labute approximate surface area is 438 Å². The van der Waals surface area contributed by atoms with E-state index in [1.807, 2.05) is 42.8 Å². The second-order valence-corrected chi connectivity index (χ2v) is 18.6. The van der Waals surface area contributed by atoms with E-state index in [1.54, 1.807) is 65.1 Å². The van der Waals surface area contributed by atoms with Crippen LogP contribution in [0.2, 0.25) is 0 Å². The monoisotopic (exact) mass is 1040 g/mol. The van der Waals surface area contributed by atoms with Crippen LogP contribution < -0.4 is 25.4 Å². The molecule has 0 aliphatic heterocycles. The van der Waals surface area contributed by atoms with Gasteiger partial charge in [0.2, 0.25) is 5.91 Å². The molecule has 0 spiro atoms. The zero-order valence-electron chi connectivity index (χ0n) is 43.0. The molecule has 1 aliphatic rings. The quantitative estimate of drug-likeness (QED) is 0.0259. The summed E-state index contributed by atoms with van der Waals surface area (Å²) < 4.78 is 36.4. The lowest BCUT2D eigenvalue weighted by atomic mass is 10.1. The third-order valence-corrected chi connectivity index (χ3v) is 12.6. The van der Waals surface area contributed by atoms with Crippen molar-refractivity contribution >= 4 is 40.0 Å². The van der Waals surface area contributed by atoms with Crippen LogP contribution in [0.4, 0.5) is 15.6 Å². The topological polar surface area (TPSA) is 210 Å². The van der Waals surface area contributed by atoms with Crippen molar-refractivity contribution in [2.24, 2.45) is 0 Å². The maximum absolute atomic E-state index is 13.8. The summed E-state index contributed by atoms with van der Waals surface area (Å²) >= 11 is 1.40. The lowest BCUT2D eigenvalue weighted by molar-refractivity contribution is -0.142. The number of amides is 4. The Kier molecular flexibility index (Phi) is 23.8. The first-order valence-corrected chi connectivity index (χ1v) is 26.2. The van der Waals surface area contributed by atoms with Crippen LogP contribution in [0.15, 0.2) is 108 Å². The highest BCUT2D eigenvalue weighted by Gasteiger charge is 2.43. The highest BCUT2D eigenvalue weighted by molar-refractivity contribution is 7.13. The van der Waals surface area contributed by atoms with Gasteiger partial charge < -0.3 is 48.6 Å². The third-order valence-electron chi connectivity index (χ3n) is 11.8. The largest absolute Gasteiger partial charge is 0.494 e. The maximum atomic E-state index is 13.8. The number of unbranched alkanes of at least 4 members (excludes halogenated alkanes) is 1. The minimum absolute atomic E-state index is 0.0317. The molecule has 5 aromatic rings. The number of hydrogen-bond donors (Lipinski definition) is 3. The van der Waals surface area contributed by atoms with E-state index >= 15 is 0 Å². The molecule has 0 saturated heterocycles. The van der Waals surface area contributed by atoms with Gasteiger partial charge in [0, 0.05) is 55.3 Å². The third kappa shape index (κ3) is 20.0. The molecule has 0 bridgehead atoms. The zero-order valence-corrected chi connectivity index (χ0v) is 43.8. The van der Waals surface area contributed by atoms with Gasteiger partial charge in [0.1, 0.15) is 18.1 Å². The maximum Gasteiger partial charge on any atom is 0.325 e. The number of ether oxygens (including phenoxy) is 5. The van der Waals surface area contributed by atoms with E-state index in [9.17, 15) is 14.4 Å². The minimum Gasteiger partial charge on any atom is -0.494 e. The molecule has 74 heavy (non-hydrogen) atoms. The molecule has 398 valence electrons. The van der Waals surface area contributed by atoms with Gasteiger partial charge in [0.05, 0.1) is 69.9 Å². The number of carbonyl (C=O) groups excluding carboxylic acids is 3. The molecule has 3 heterocycles. The van der Waals surface area contributed by atoms with Gasteiger partial charge in [-0.25, -0.2) is 14.5 Å². The Morgan fingerprint density at radius 3 is 2.31 bits per heavy atom. The van der Waals surface area contributed by atoms with Crippen LogP contribution in [-0.4, -0.2) is 138 Å². The number of nitrogens with one attached hydrogen (secondary N) is 3. The summed E-state index contributed by atoms with van der Waals surface area (Å²) in [5, 5.41) is 23.4. The van der Waals surface area contributed by atoms with Crippen molar-refractivity contribution in [3.05, 3.63) is 132 Å². The Morgan fingerprint density at radius 2 is 1.61 bits per heavy atom. The average Bonchev–Trinajstić information content (AvgIpc) is 3.70. The van der Waals surface area contributed by atoms with Crippen LogP contribution in [0.25, 0.3) is 0 Å². The number of aryl methyl sites for hydroxylation is 3. The molecule has 3 aromatic heterocycles. The van der Waals surface area contributed by atoms with Crippen LogP contribution >= 0.6 is 11.3 Å². The molecular formula is C54H72N10O9S. The van der Waals surface area contributed by atoms with Crippen molar-refractivity contribution in [2.45, 2.75) is 83.8 Å². The number of likely N-dealkylation sites (N-methyl/N-ethyl adjacent to an activating group) is 1. The van der Waals surface area contributed by atoms with E-state index in [-0.39, 0.29) is 36.9 Å². The molecule has 1 fully saturated rings. The standard InChI is InChI=1S/C54H72N10O9S/c1-6-11-41(7-2)37-55-52(66)51(49-36-40(4)60-73-49)64(46-17-18-46)50(65)23-14-42-12-19-47(20-13-42)71-28-10-9-25-62(5)26-30-69-33-32-68-29-24-45-38-63(61-59-45)27-31-70-34-35-72-48-21-15-44(16-22-48)56-53(67)58-54-57-43(8-3)39-74-54/h6-7,11-13,15-16,19-22,36,38-39,46,51H,1-2,8-10,14,17-18,23-35,37H2,3-5H3,(H,55,66)(H2,56,57,58,67)/b41-11+. The fourth-order valence-corrected chi connectivity index (χ4v) is 8.34. The van der Waals surface area contributed by atoms with E-state index in [0.717, 1.165) is 73.5 Å². The minimum atomic E-state index is -0.921. The van der Waals surface area contributed by atoms with Crippen LogP contribution in [0, 0.1) is 6.92 Å². The fourth-order valence-electron chi connectivity index (χ4n) is 7.55. The van der Waals surface area contributed by atoms with E-state index in [4.69, 9.17) is 28.2 Å². The summed E-state index contributed by atoms with van der Waals surface area (Å²) in [4.78, 5) is 47.9. The summed E-state index contributed by atoms with van der Waals surface area (Å²) in [6.45, 7) is 18.0. The molecule has 2 aromatic carbocycles. The number of thiazole rings is 1. The summed E-state index contributed by atoms with van der Waals surface area (Å²) in [5.74, 6) is 1.37. The van der Waals surface area contributed by atoms with Crippen molar-refractivity contribution in [1.29, 1.82) is 0 Å². The number of nitrogens with zero attached hydrogens (tertiary/aromatic N) is 7. The highest BCUT2D eigenvalue weighted by atomic mass is 32.1. The number of hydrogen-bond acceptors (Lipinski definition) is 15. The summed E-state index contributed by atoms with van der Waals surface area (Å²) in [7, 11) is 2.09. The predicted molar refractivity (Wildman–Crippen MR) is 285 cm³/mol. The molecule has 1 unspecified atom stereocenters. The number of benzene rings is 2. The molecular weight excluding hydrogens is 965 g/mol. The lowest BCUT2D eigenvalue weighted by Crippen LogP contribution is -2.45. The van der Waals surface area contributed by atoms with E-state index < -0.39 is 6.04 Å². The van der Waals surface area contributed by atoms with Gasteiger partial charge >= 0.3 is 6.03 Å². The van der Waals surface area contributed by atoms with Crippen LogP contribution in [0.3, 0.4) is 0 Å². The molecule has 19 nitrogen and oxygen atoms in total. The van der Waals surface area contributed by atoms with Crippen molar-refractivity contribution < 1.29 is 42.6 Å². The molecule has 1 atom stereocenters. The Hall–Kier alpha value is -6.71. The van der Waals surface area contributed by atoms with Crippen molar-refractivity contribution in [2.75, 3.05) is 90.2 Å². The van der Waals surface area contributed by atoms with Crippen molar-refractivity contribution in [3.8, 4) is 11.5 Å². The van der Waals surface area contributed by atoms with Gasteiger partial charge in [-0.1, -0.05) is 60.8 Å². The van der Waals surface area contributed by atoms with Gasteiger partial charge in [-0.05, 0) is 107 Å². The van der Waals surface area contributed by atoms with Gasteiger partial charge in [-0.15, -0.1) is 16.4 Å². The molecule has 6 rings (SSSR count). The van der Waals surface area contributed by atoms with Gasteiger partial charge in [-0.2, -0.15) is 0 Å². The predicted octanol–water partition coefficient (Wildman–Crippen LogP) is 7.78. The van der Waals surface area contributed by atoms with Crippen molar-refractivity contribution in [1.82, 2.24) is 40.3 Å². The van der Waals surface area contributed by atoms with Gasteiger partial charge in [0.15, 0.2) is 16.9 Å². The second-order valence-electron chi connectivity index (χ2n) is 17.7. The SMILES string of the molecule is C=C/C=C(\C=C)CNC(=O)C(c1cc(C)no1)N(C(=O)CCc1ccc(OCCCCN(C)CCOCCOCCc2cn(CCOCCOc3ccc(NC(=O)Nc4nc(CC)cs4)cc3)nn2)cc1)C1CC1. The Bertz CT molecular complexity index is 2520. The molecule has 4 amide bonds. The number of rotatable bonds is 36. The number of anilines is 2. The van der Waals surface area contributed by atoms with Gasteiger partial charge in [0.25, 0.3) is 5.91 Å². The molecule has 0 radical (unpaired) electrons. The van der Waals surface area contributed by atoms with E-state index in [0.29, 0.717) is 100 Å². The van der Waals surface area contributed by atoms with Crippen LogP contribution in [-0.2, 0) is 49.6 Å². The zero-order chi connectivity index (χ0) is 52.3. The molecule has 1 aliphatic carbocycles. The number of carbonyl (C=O) groups is 3. The van der Waals surface area contributed by atoms with E-state index in [1.165, 1.54) is 11.3 Å². The average molecular weight is 1040 g/mol. The fraction of sp³-hybridized carbons (Fsp3) is 0.463. The smallest absolute Gasteiger partial charge is 0.325 e. The summed E-state index contributed by atoms with van der Waals surface area (Å²) in [5.41, 5.74) is 4.89. The summed E-state index contributed by atoms with van der Waals surface area (Å²) in [6, 6.07) is 15.4. The van der Waals surface area contributed by atoms with Crippen LogP contribution in [0.5, 0.6) is 11.5 Å². The first-order chi connectivity index (χ1) is 36.1. The molecule has 3 N–H and O–H groups in total. The van der Waals surface area contributed by atoms with E-state index in [2.05, 4.69) is 61.5 Å². The normalized spacial score (nSPS) is 12.8. The Morgan fingerprint density at radius 1 is 0.878 bits per heavy atom. The first-order valence-electron chi connectivity index (χ1n) is 25.3. The van der Waals surface area contributed by atoms with Gasteiger partial charge in [-0.3, -0.25) is 14.9 Å². The lowest BCUT2D eigenvalue weighted by Gasteiger charge is -2.29.